The highest BCUT2D eigenvalue weighted by Gasteiger charge is 2.31. The third kappa shape index (κ3) is 5.08. The molecule has 2 unspecified atom stereocenters. The lowest BCUT2D eigenvalue weighted by molar-refractivity contribution is 0.128. The van der Waals surface area contributed by atoms with Crippen molar-refractivity contribution in [2.75, 3.05) is 33.2 Å². The number of thiophene rings is 1. The van der Waals surface area contributed by atoms with Gasteiger partial charge in [0.1, 0.15) is 0 Å². The van der Waals surface area contributed by atoms with Gasteiger partial charge in [-0.2, -0.15) is 0 Å². The van der Waals surface area contributed by atoms with Crippen LogP contribution in [0.3, 0.4) is 0 Å². The standard InChI is InChI=1S/C18H30N4S.HI/c1-21-10-6-8-15(17(21)16-9-7-13-23-16)14-20-18(19)22-11-4-2-3-5-12-22;/h7,9,13,15,17H,2-6,8,10-12,14H2,1H3,(H2,19,20);1H. The first-order chi connectivity index (χ1) is 11.3. The largest absolute Gasteiger partial charge is 0.370 e. The summed E-state index contributed by atoms with van der Waals surface area (Å²) in [6, 6.07) is 4.94. The van der Waals surface area contributed by atoms with E-state index in [0.717, 1.165) is 25.6 Å². The summed E-state index contributed by atoms with van der Waals surface area (Å²) in [6.45, 7) is 4.20. The molecule has 1 aromatic rings. The molecule has 24 heavy (non-hydrogen) atoms. The predicted molar refractivity (Wildman–Crippen MR) is 114 cm³/mol. The highest BCUT2D eigenvalue weighted by molar-refractivity contribution is 14.0. The van der Waals surface area contributed by atoms with Crippen molar-refractivity contribution in [3.8, 4) is 0 Å². The van der Waals surface area contributed by atoms with E-state index >= 15 is 0 Å². The summed E-state index contributed by atoms with van der Waals surface area (Å²) >= 11 is 1.87. The Hall–Kier alpha value is -0.340. The Balaban J connectivity index is 0.00000208. The molecule has 2 saturated heterocycles. The molecule has 2 aliphatic rings. The average Bonchev–Trinajstić information content (AvgIpc) is 2.93. The number of rotatable bonds is 3. The minimum atomic E-state index is 0. The molecular weight excluding hydrogens is 431 g/mol. The van der Waals surface area contributed by atoms with Crippen LogP contribution in [0.1, 0.15) is 49.4 Å². The fourth-order valence-electron chi connectivity index (χ4n) is 3.97. The van der Waals surface area contributed by atoms with Gasteiger partial charge in [0.05, 0.1) is 0 Å². The van der Waals surface area contributed by atoms with Gasteiger partial charge in [-0.1, -0.05) is 18.9 Å². The van der Waals surface area contributed by atoms with Crippen LogP contribution in [0.5, 0.6) is 0 Å². The summed E-state index contributed by atoms with van der Waals surface area (Å²) in [5, 5.41) is 2.18. The third-order valence-corrected chi connectivity index (χ3v) is 6.20. The van der Waals surface area contributed by atoms with Gasteiger partial charge in [0, 0.05) is 30.6 Å². The molecule has 0 aliphatic carbocycles. The molecule has 3 rings (SSSR count). The molecule has 0 amide bonds. The molecule has 6 heteroatoms. The summed E-state index contributed by atoms with van der Waals surface area (Å²) in [6.07, 6.45) is 7.68. The smallest absolute Gasteiger partial charge is 0.191 e. The molecule has 2 atom stereocenters. The Morgan fingerprint density at radius 1 is 1.21 bits per heavy atom. The molecule has 0 bridgehead atoms. The van der Waals surface area contributed by atoms with E-state index in [1.165, 1.54) is 49.9 Å². The van der Waals surface area contributed by atoms with Crippen LogP contribution in [0, 0.1) is 5.92 Å². The molecule has 0 spiro atoms. The molecule has 2 fully saturated rings. The summed E-state index contributed by atoms with van der Waals surface area (Å²) in [4.78, 5) is 11.1. The van der Waals surface area contributed by atoms with E-state index in [-0.39, 0.29) is 24.0 Å². The van der Waals surface area contributed by atoms with Crippen LogP contribution in [-0.4, -0.2) is 49.0 Å². The SMILES string of the molecule is CN1CCCC(CN=C(N)N2CCCCCC2)C1c1cccs1.I. The van der Waals surface area contributed by atoms with Gasteiger partial charge >= 0.3 is 0 Å². The third-order valence-electron chi connectivity index (χ3n) is 5.26. The minimum absolute atomic E-state index is 0. The van der Waals surface area contributed by atoms with Crippen LogP contribution in [0.25, 0.3) is 0 Å². The lowest BCUT2D eigenvalue weighted by Crippen LogP contribution is -2.40. The van der Waals surface area contributed by atoms with Crippen molar-refractivity contribution >= 4 is 41.3 Å². The summed E-state index contributed by atoms with van der Waals surface area (Å²) in [7, 11) is 2.25. The molecule has 0 radical (unpaired) electrons. The highest BCUT2D eigenvalue weighted by Crippen LogP contribution is 2.37. The molecule has 136 valence electrons. The fraction of sp³-hybridized carbons (Fsp3) is 0.722. The first-order valence-electron chi connectivity index (χ1n) is 9.04. The van der Waals surface area contributed by atoms with Crippen LogP contribution in [0.15, 0.2) is 22.5 Å². The van der Waals surface area contributed by atoms with Crippen molar-refractivity contribution in [2.45, 2.75) is 44.6 Å². The van der Waals surface area contributed by atoms with Crippen LogP contribution in [0.2, 0.25) is 0 Å². The molecule has 1 aromatic heterocycles. The van der Waals surface area contributed by atoms with Crippen molar-refractivity contribution in [2.24, 2.45) is 16.6 Å². The lowest BCUT2D eigenvalue weighted by Gasteiger charge is -2.38. The maximum absolute atomic E-state index is 6.30. The lowest BCUT2D eigenvalue weighted by atomic mass is 9.88. The molecule has 4 nitrogen and oxygen atoms in total. The number of guanidine groups is 1. The van der Waals surface area contributed by atoms with E-state index in [2.05, 4.69) is 34.4 Å². The van der Waals surface area contributed by atoms with E-state index in [4.69, 9.17) is 10.7 Å². The Morgan fingerprint density at radius 2 is 1.96 bits per heavy atom. The van der Waals surface area contributed by atoms with Crippen LogP contribution < -0.4 is 5.73 Å². The van der Waals surface area contributed by atoms with Crippen LogP contribution in [0.4, 0.5) is 0 Å². The van der Waals surface area contributed by atoms with Crippen molar-refractivity contribution in [1.82, 2.24) is 9.80 Å². The van der Waals surface area contributed by atoms with Crippen molar-refractivity contribution in [3.05, 3.63) is 22.4 Å². The zero-order valence-corrected chi connectivity index (χ0v) is 17.8. The highest BCUT2D eigenvalue weighted by atomic mass is 127. The second-order valence-electron chi connectivity index (χ2n) is 6.94. The summed E-state index contributed by atoms with van der Waals surface area (Å²) in [5.74, 6) is 1.35. The van der Waals surface area contributed by atoms with Crippen LogP contribution in [-0.2, 0) is 0 Å². The first-order valence-corrected chi connectivity index (χ1v) is 9.92. The zero-order chi connectivity index (χ0) is 16.1. The second kappa shape index (κ2) is 9.97. The Kier molecular flexibility index (Phi) is 8.30. The number of likely N-dealkylation sites (tertiary alicyclic amines) is 2. The summed E-state index contributed by atoms with van der Waals surface area (Å²) < 4.78 is 0. The molecular formula is C18H31IN4S. The summed E-state index contributed by atoms with van der Waals surface area (Å²) in [5.41, 5.74) is 6.30. The molecule has 3 heterocycles. The number of nitrogens with zero attached hydrogens (tertiary/aromatic N) is 3. The minimum Gasteiger partial charge on any atom is -0.370 e. The van der Waals surface area contributed by atoms with E-state index in [1.54, 1.807) is 0 Å². The average molecular weight is 462 g/mol. The number of piperidine rings is 1. The van der Waals surface area contributed by atoms with Crippen LogP contribution >= 0.6 is 35.3 Å². The van der Waals surface area contributed by atoms with E-state index in [9.17, 15) is 0 Å². The fourth-order valence-corrected chi connectivity index (χ4v) is 4.95. The number of aliphatic imine (C=N–C) groups is 1. The predicted octanol–water partition coefficient (Wildman–Crippen LogP) is 3.94. The monoisotopic (exact) mass is 462 g/mol. The van der Waals surface area contributed by atoms with E-state index in [1.807, 2.05) is 11.3 Å². The molecule has 2 aliphatic heterocycles. The zero-order valence-electron chi connectivity index (χ0n) is 14.7. The maximum Gasteiger partial charge on any atom is 0.191 e. The van der Waals surface area contributed by atoms with Gasteiger partial charge in [0.15, 0.2) is 5.96 Å². The number of hydrogen-bond acceptors (Lipinski definition) is 3. The van der Waals surface area contributed by atoms with Gasteiger partial charge in [-0.3, -0.25) is 9.89 Å². The van der Waals surface area contributed by atoms with Gasteiger partial charge in [-0.25, -0.2) is 0 Å². The first kappa shape index (κ1) is 20.0. The van der Waals surface area contributed by atoms with Crippen molar-refractivity contribution in [3.63, 3.8) is 0 Å². The molecule has 0 aromatic carbocycles. The van der Waals surface area contributed by atoms with Crippen molar-refractivity contribution < 1.29 is 0 Å². The normalized spacial score (nSPS) is 26.7. The van der Waals surface area contributed by atoms with Gasteiger partial charge in [-0.15, -0.1) is 35.3 Å². The second-order valence-corrected chi connectivity index (χ2v) is 7.92. The molecule has 2 N–H and O–H groups in total. The Bertz CT molecular complexity index is 497. The van der Waals surface area contributed by atoms with Gasteiger partial charge in [0.2, 0.25) is 0 Å². The number of hydrogen-bond donors (Lipinski definition) is 1. The van der Waals surface area contributed by atoms with Gasteiger partial charge in [-0.05, 0) is 56.6 Å². The van der Waals surface area contributed by atoms with E-state index < -0.39 is 0 Å². The molecule has 0 saturated carbocycles. The van der Waals surface area contributed by atoms with Gasteiger partial charge < -0.3 is 10.6 Å². The van der Waals surface area contributed by atoms with E-state index in [0.29, 0.717) is 12.0 Å². The Labute approximate surface area is 167 Å². The Morgan fingerprint density at radius 3 is 2.62 bits per heavy atom. The quantitative estimate of drug-likeness (QED) is 0.421. The maximum atomic E-state index is 6.30. The number of nitrogens with two attached hydrogens (primary N) is 1. The van der Waals surface area contributed by atoms with Gasteiger partial charge in [0.25, 0.3) is 0 Å². The van der Waals surface area contributed by atoms with Crippen molar-refractivity contribution in [1.29, 1.82) is 0 Å². The number of halogens is 1. The topological polar surface area (TPSA) is 44.9 Å².